The van der Waals surface area contributed by atoms with Crippen LogP contribution < -0.4 is 5.73 Å². The van der Waals surface area contributed by atoms with Crippen LogP contribution in [0.3, 0.4) is 0 Å². The van der Waals surface area contributed by atoms with Gasteiger partial charge in [-0.25, -0.2) is 4.39 Å². The van der Waals surface area contributed by atoms with E-state index in [9.17, 15) is 4.39 Å². The van der Waals surface area contributed by atoms with Crippen molar-refractivity contribution in [1.29, 1.82) is 0 Å². The highest BCUT2D eigenvalue weighted by Gasteiger charge is 2.25. The van der Waals surface area contributed by atoms with Crippen LogP contribution in [-0.4, -0.2) is 0 Å². The molecule has 1 saturated carbocycles. The van der Waals surface area contributed by atoms with E-state index >= 15 is 0 Å². The van der Waals surface area contributed by atoms with E-state index in [-0.39, 0.29) is 11.9 Å². The molecule has 3 rings (SSSR count). The molecule has 0 amide bonds. The molecule has 0 bridgehead atoms. The zero-order valence-electron chi connectivity index (χ0n) is 8.95. The Kier molecular flexibility index (Phi) is 2.21. The SMILES string of the molecule is NC(CC1CC1)c1cc2ccc(F)cc2o1. The molecule has 2 N–H and O–H groups in total. The highest BCUT2D eigenvalue weighted by Crippen LogP contribution is 2.37. The van der Waals surface area contributed by atoms with E-state index in [0.29, 0.717) is 5.58 Å². The highest BCUT2D eigenvalue weighted by molar-refractivity contribution is 5.77. The summed E-state index contributed by atoms with van der Waals surface area (Å²) in [5.74, 6) is 1.26. The number of benzene rings is 1. The van der Waals surface area contributed by atoms with E-state index in [2.05, 4.69) is 0 Å². The molecular formula is C13H14FNO. The van der Waals surface area contributed by atoms with Crippen molar-refractivity contribution in [2.75, 3.05) is 0 Å². The largest absolute Gasteiger partial charge is 0.459 e. The Bertz CT molecular complexity index is 516. The maximum Gasteiger partial charge on any atom is 0.137 e. The monoisotopic (exact) mass is 219 g/mol. The predicted molar refractivity (Wildman–Crippen MR) is 60.4 cm³/mol. The van der Waals surface area contributed by atoms with Gasteiger partial charge in [-0.05, 0) is 30.5 Å². The van der Waals surface area contributed by atoms with Crippen LogP contribution in [0.1, 0.15) is 31.1 Å². The Hall–Kier alpha value is -1.35. The minimum Gasteiger partial charge on any atom is -0.459 e. The molecule has 1 heterocycles. The number of fused-ring (bicyclic) bond motifs is 1. The number of hydrogen-bond acceptors (Lipinski definition) is 2. The minimum absolute atomic E-state index is 0.0528. The Morgan fingerprint density at radius 1 is 1.38 bits per heavy atom. The van der Waals surface area contributed by atoms with Crippen molar-refractivity contribution >= 4 is 11.0 Å². The predicted octanol–water partition coefficient (Wildman–Crippen LogP) is 3.37. The Labute approximate surface area is 93.2 Å². The van der Waals surface area contributed by atoms with Gasteiger partial charge >= 0.3 is 0 Å². The molecule has 16 heavy (non-hydrogen) atoms. The van der Waals surface area contributed by atoms with Gasteiger partial charge in [0.1, 0.15) is 17.2 Å². The zero-order valence-corrected chi connectivity index (χ0v) is 8.95. The van der Waals surface area contributed by atoms with Crippen LogP contribution >= 0.6 is 0 Å². The summed E-state index contributed by atoms with van der Waals surface area (Å²) in [5, 5.41) is 0.919. The van der Waals surface area contributed by atoms with E-state index in [0.717, 1.165) is 23.5 Å². The molecule has 1 aliphatic carbocycles. The maximum atomic E-state index is 13.0. The molecule has 0 saturated heterocycles. The lowest BCUT2D eigenvalue weighted by atomic mass is 10.1. The summed E-state index contributed by atoms with van der Waals surface area (Å²) >= 11 is 0. The van der Waals surface area contributed by atoms with Crippen molar-refractivity contribution in [1.82, 2.24) is 0 Å². The van der Waals surface area contributed by atoms with Crippen molar-refractivity contribution in [2.24, 2.45) is 11.7 Å². The normalized spacial score (nSPS) is 17.9. The molecule has 3 heteroatoms. The molecule has 2 nitrogen and oxygen atoms in total. The van der Waals surface area contributed by atoms with Gasteiger partial charge in [0.05, 0.1) is 6.04 Å². The summed E-state index contributed by atoms with van der Waals surface area (Å²) < 4.78 is 18.6. The molecule has 1 aromatic carbocycles. The lowest BCUT2D eigenvalue weighted by Crippen LogP contribution is -2.09. The van der Waals surface area contributed by atoms with E-state index in [4.69, 9.17) is 10.2 Å². The van der Waals surface area contributed by atoms with Crippen LogP contribution in [-0.2, 0) is 0 Å². The second kappa shape index (κ2) is 3.59. The summed E-state index contributed by atoms with van der Waals surface area (Å²) in [6, 6.07) is 6.43. The van der Waals surface area contributed by atoms with E-state index < -0.39 is 0 Å². The first-order valence-electron chi connectivity index (χ1n) is 5.67. The van der Waals surface area contributed by atoms with Gasteiger partial charge in [0.25, 0.3) is 0 Å². The molecule has 0 spiro atoms. The third-order valence-corrected chi connectivity index (χ3v) is 3.15. The third-order valence-electron chi connectivity index (χ3n) is 3.15. The summed E-state index contributed by atoms with van der Waals surface area (Å²) in [4.78, 5) is 0. The molecule has 1 unspecified atom stereocenters. The fourth-order valence-corrected chi connectivity index (χ4v) is 2.04. The summed E-state index contributed by atoms with van der Waals surface area (Å²) in [6.45, 7) is 0. The van der Waals surface area contributed by atoms with Gasteiger partial charge in [-0.3, -0.25) is 0 Å². The number of halogens is 1. The maximum absolute atomic E-state index is 13.0. The molecular weight excluding hydrogens is 205 g/mol. The fourth-order valence-electron chi connectivity index (χ4n) is 2.04. The van der Waals surface area contributed by atoms with Crippen LogP contribution in [0.2, 0.25) is 0 Å². The topological polar surface area (TPSA) is 39.2 Å². The smallest absolute Gasteiger partial charge is 0.137 e. The Morgan fingerprint density at radius 2 is 2.19 bits per heavy atom. The molecule has 0 radical (unpaired) electrons. The van der Waals surface area contributed by atoms with Crippen LogP contribution in [0.15, 0.2) is 28.7 Å². The first kappa shape index (κ1) is 9.85. The average molecular weight is 219 g/mol. The van der Waals surface area contributed by atoms with Crippen LogP contribution in [0, 0.1) is 11.7 Å². The zero-order chi connectivity index (χ0) is 11.1. The molecule has 84 valence electrons. The minimum atomic E-state index is -0.274. The molecule has 2 aromatic rings. The average Bonchev–Trinajstić information content (AvgIpc) is 2.95. The first-order valence-corrected chi connectivity index (χ1v) is 5.67. The number of nitrogens with two attached hydrogens (primary N) is 1. The van der Waals surface area contributed by atoms with Crippen molar-refractivity contribution in [3.63, 3.8) is 0 Å². The first-order chi connectivity index (χ1) is 7.72. The van der Waals surface area contributed by atoms with Gasteiger partial charge in [-0.15, -0.1) is 0 Å². The van der Waals surface area contributed by atoms with Gasteiger partial charge in [-0.2, -0.15) is 0 Å². The van der Waals surface area contributed by atoms with E-state index in [1.807, 2.05) is 6.07 Å². The van der Waals surface area contributed by atoms with Gasteiger partial charge in [0, 0.05) is 11.5 Å². The molecule has 0 aliphatic heterocycles. The lowest BCUT2D eigenvalue weighted by molar-refractivity contribution is 0.462. The van der Waals surface area contributed by atoms with Gasteiger partial charge in [0.2, 0.25) is 0 Å². The molecule has 1 aliphatic rings. The van der Waals surface area contributed by atoms with Gasteiger partial charge in [-0.1, -0.05) is 12.8 Å². The summed E-state index contributed by atoms with van der Waals surface area (Å²) in [6.07, 6.45) is 3.54. The van der Waals surface area contributed by atoms with E-state index in [1.54, 1.807) is 6.07 Å². The van der Waals surface area contributed by atoms with Crippen LogP contribution in [0.25, 0.3) is 11.0 Å². The summed E-state index contributed by atoms with van der Waals surface area (Å²) in [7, 11) is 0. The standard InChI is InChI=1S/C13H14FNO/c14-10-4-3-9-6-13(16-12(9)7-10)11(15)5-8-1-2-8/h3-4,6-8,11H,1-2,5,15H2. The molecule has 1 fully saturated rings. The lowest BCUT2D eigenvalue weighted by Gasteiger charge is -2.06. The van der Waals surface area contributed by atoms with Gasteiger partial charge in [0.15, 0.2) is 0 Å². The van der Waals surface area contributed by atoms with Crippen LogP contribution in [0.5, 0.6) is 0 Å². The number of hydrogen-bond donors (Lipinski definition) is 1. The van der Waals surface area contributed by atoms with Crippen molar-refractivity contribution in [2.45, 2.75) is 25.3 Å². The quantitative estimate of drug-likeness (QED) is 0.859. The second-order valence-corrected chi connectivity index (χ2v) is 4.62. The molecule has 1 aromatic heterocycles. The Balaban J connectivity index is 1.91. The Morgan fingerprint density at radius 3 is 2.94 bits per heavy atom. The second-order valence-electron chi connectivity index (χ2n) is 4.62. The third kappa shape index (κ3) is 1.83. The fraction of sp³-hybridized carbons (Fsp3) is 0.385. The van der Waals surface area contributed by atoms with E-state index in [1.165, 1.54) is 25.0 Å². The van der Waals surface area contributed by atoms with Crippen molar-refractivity contribution < 1.29 is 8.81 Å². The number of rotatable bonds is 3. The summed E-state index contributed by atoms with van der Waals surface area (Å²) in [5.41, 5.74) is 6.63. The van der Waals surface area contributed by atoms with Crippen molar-refractivity contribution in [3.05, 3.63) is 35.8 Å². The molecule has 1 atom stereocenters. The van der Waals surface area contributed by atoms with Crippen LogP contribution in [0.4, 0.5) is 4.39 Å². The van der Waals surface area contributed by atoms with Gasteiger partial charge < -0.3 is 10.2 Å². The number of furan rings is 1. The highest BCUT2D eigenvalue weighted by atomic mass is 19.1. The van der Waals surface area contributed by atoms with Crippen molar-refractivity contribution in [3.8, 4) is 0 Å².